The van der Waals surface area contributed by atoms with E-state index in [2.05, 4.69) is 23.2 Å². The summed E-state index contributed by atoms with van der Waals surface area (Å²) in [7, 11) is 1.97. The van der Waals surface area contributed by atoms with Crippen LogP contribution in [0.3, 0.4) is 0 Å². The zero-order valence-corrected chi connectivity index (χ0v) is 23.9. The molecule has 7 nitrogen and oxygen atoms in total. The molecule has 0 spiro atoms. The Labute approximate surface area is 249 Å². The first-order valence-electron chi connectivity index (χ1n) is 12.7. The molecule has 1 aliphatic rings. The van der Waals surface area contributed by atoms with Gasteiger partial charge in [0.05, 0.1) is 22.7 Å². The van der Waals surface area contributed by atoms with Crippen molar-refractivity contribution in [2.45, 2.75) is 0 Å². The molecule has 0 amide bonds. The summed E-state index contributed by atoms with van der Waals surface area (Å²) in [5, 5.41) is 3.68. The van der Waals surface area contributed by atoms with Crippen molar-refractivity contribution in [2.24, 2.45) is 0 Å². The average Bonchev–Trinajstić information content (AvgIpc) is 3.69. The first kappa shape index (κ1) is 25.2. The molecule has 7 aromatic rings. The van der Waals surface area contributed by atoms with E-state index in [1.165, 1.54) is 0 Å². The van der Waals surface area contributed by atoms with Crippen LogP contribution in [0.4, 0.5) is 5.69 Å². The van der Waals surface area contributed by atoms with E-state index in [-0.39, 0.29) is 21.1 Å². The number of benzene rings is 4. The smallest absolute Gasteiger partial charge is 0.216 e. The molecule has 0 aliphatic carbocycles. The summed E-state index contributed by atoms with van der Waals surface area (Å²) in [6.07, 6.45) is 5.61. The molecule has 0 N–H and O–H groups in total. The van der Waals surface area contributed by atoms with Crippen LogP contribution in [0, 0.1) is 18.8 Å². The third kappa shape index (κ3) is 4.39. The fourth-order valence-corrected chi connectivity index (χ4v) is 4.99. The van der Waals surface area contributed by atoms with Gasteiger partial charge in [-0.3, -0.25) is 0 Å². The average molecular weight is 718 g/mol. The number of hydrogen-bond acceptors (Lipinski definition) is 7. The molecular weight excluding hydrogens is 697 g/mol. The first-order chi connectivity index (χ1) is 19.7. The van der Waals surface area contributed by atoms with Gasteiger partial charge in [-0.1, -0.05) is 59.3 Å². The Balaban J connectivity index is 0.00000276. The van der Waals surface area contributed by atoms with Crippen LogP contribution < -0.4 is 14.4 Å². The van der Waals surface area contributed by atoms with Gasteiger partial charge in [0.15, 0.2) is 0 Å². The number of aromatic nitrogens is 1. The SMILES string of the molecule is CN1C=CN(c2[c-]c(Oc3[c-]c(Oc4ccccn4)cc4c3oc3ccccc34)c3oc4ccccc4c3c2)[CH-]1.[Pt]. The summed E-state index contributed by atoms with van der Waals surface area (Å²) >= 11 is 0. The molecule has 41 heavy (non-hydrogen) atoms. The predicted octanol–water partition coefficient (Wildman–Crippen LogP) is 8.41. The van der Waals surface area contributed by atoms with Crippen LogP contribution in [0.5, 0.6) is 23.1 Å². The third-order valence-corrected chi connectivity index (χ3v) is 6.82. The number of hydrogen-bond donors (Lipinski definition) is 0. The van der Waals surface area contributed by atoms with E-state index in [0.29, 0.717) is 34.3 Å². The molecule has 1 aliphatic heterocycles. The quantitative estimate of drug-likeness (QED) is 0.166. The molecule has 3 aromatic heterocycles. The number of fused-ring (bicyclic) bond motifs is 6. The first-order valence-corrected chi connectivity index (χ1v) is 12.7. The maximum atomic E-state index is 6.59. The molecule has 4 aromatic carbocycles. The van der Waals surface area contributed by atoms with Gasteiger partial charge < -0.3 is 28.1 Å². The second-order valence-corrected chi connectivity index (χ2v) is 9.49. The van der Waals surface area contributed by atoms with Crippen molar-refractivity contribution in [3.63, 3.8) is 0 Å². The van der Waals surface area contributed by atoms with E-state index < -0.39 is 0 Å². The summed E-state index contributed by atoms with van der Waals surface area (Å²) in [4.78, 5) is 8.25. The Hall–Kier alpha value is -4.74. The zero-order chi connectivity index (χ0) is 26.6. The van der Waals surface area contributed by atoms with Crippen LogP contribution in [-0.4, -0.2) is 16.9 Å². The molecule has 204 valence electrons. The predicted molar refractivity (Wildman–Crippen MR) is 153 cm³/mol. The summed E-state index contributed by atoms with van der Waals surface area (Å²) in [5.41, 5.74) is 3.42. The van der Waals surface area contributed by atoms with E-state index in [1.807, 2.05) is 103 Å². The monoisotopic (exact) mass is 717 g/mol. The number of furan rings is 2. The van der Waals surface area contributed by atoms with Crippen LogP contribution in [0.2, 0.25) is 0 Å². The largest absolute Gasteiger partial charge is 0.512 e. The summed E-state index contributed by atoms with van der Waals surface area (Å²) < 4.78 is 25.2. The van der Waals surface area contributed by atoms with Crippen molar-refractivity contribution in [2.75, 3.05) is 11.9 Å². The molecule has 8 rings (SSSR count). The van der Waals surface area contributed by atoms with Crippen molar-refractivity contribution in [1.82, 2.24) is 9.88 Å². The van der Waals surface area contributed by atoms with Crippen LogP contribution in [-0.2, 0) is 21.1 Å². The number of pyridine rings is 1. The van der Waals surface area contributed by atoms with E-state index >= 15 is 0 Å². The topological polar surface area (TPSA) is 64.1 Å². The molecule has 0 radical (unpaired) electrons. The maximum Gasteiger partial charge on any atom is 0.216 e. The molecule has 0 bridgehead atoms. The van der Waals surface area contributed by atoms with Crippen LogP contribution >= 0.6 is 0 Å². The van der Waals surface area contributed by atoms with Gasteiger partial charge in [0, 0.05) is 49.9 Å². The Morgan fingerprint density at radius 1 is 0.732 bits per heavy atom. The van der Waals surface area contributed by atoms with E-state index in [4.69, 9.17) is 18.3 Å². The Morgan fingerprint density at radius 2 is 1.39 bits per heavy atom. The maximum absolute atomic E-state index is 6.59. The summed E-state index contributed by atoms with van der Waals surface area (Å²) in [6.45, 7) is 1.97. The normalized spacial score (nSPS) is 13.0. The standard InChI is InChI=1S/C33H20N3O4.Pt/c1-35-14-15-36(20-35)21-16-25-23-8-2-4-10-27(23)39-32(25)29(17-21)38-30-19-22(37-31-12-6-7-13-34-31)18-26-24-9-3-5-11-28(24)40-33(26)30;/h2-16,18,20H,1H3;/q-3;. The van der Waals surface area contributed by atoms with E-state index in [1.54, 1.807) is 12.3 Å². The molecule has 0 atom stereocenters. The minimum Gasteiger partial charge on any atom is -0.512 e. The fourth-order valence-electron chi connectivity index (χ4n) is 4.99. The Kier molecular flexibility index (Phi) is 6.17. The molecule has 0 saturated carbocycles. The van der Waals surface area contributed by atoms with Crippen molar-refractivity contribution in [3.8, 4) is 23.1 Å². The number of anilines is 1. The van der Waals surface area contributed by atoms with Crippen LogP contribution in [0.25, 0.3) is 43.9 Å². The second kappa shape index (κ2) is 10.0. The number of nitrogens with zero attached hydrogens (tertiary/aromatic N) is 3. The summed E-state index contributed by atoms with van der Waals surface area (Å²) in [5.74, 6) is 1.66. The minimum atomic E-state index is 0. The fraction of sp³-hybridized carbons (Fsp3) is 0.0303. The molecule has 4 heterocycles. The number of rotatable bonds is 5. The Bertz CT molecular complexity index is 2080. The van der Waals surface area contributed by atoms with Crippen molar-refractivity contribution in [1.29, 1.82) is 0 Å². The number of ether oxygens (including phenoxy) is 2. The molecule has 0 fully saturated rings. The van der Waals surface area contributed by atoms with Gasteiger partial charge in [0.1, 0.15) is 11.2 Å². The summed E-state index contributed by atoms with van der Waals surface area (Å²) in [6, 6.07) is 31.9. The molecular formula is C33H20N3O4Pt-3. The molecule has 0 unspecified atom stereocenters. The molecule has 0 saturated heterocycles. The van der Waals surface area contributed by atoms with Gasteiger partial charge >= 0.3 is 0 Å². The van der Waals surface area contributed by atoms with Gasteiger partial charge in [0.2, 0.25) is 5.88 Å². The Morgan fingerprint density at radius 3 is 2.05 bits per heavy atom. The van der Waals surface area contributed by atoms with Gasteiger partial charge in [-0.15, -0.1) is 23.9 Å². The zero-order valence-electron chi connectivity index (χ0n) is 21.6. The number of para-hydroxylation sites is 2. The third-order valence-electron chi connectivity index (χ3n) is 6.82. The van der Waals surface area contributed by atoms with Crippen molar-refractivity contribution >= 4 is 49.6 Å². The van der Waals surface area contributed by atoms with Crippen molar-refractivity contribution in [3.05, 3.63) is 116 Å². The van der Waals surface area contributed by atoms with Gasteiger partial charge in [-0.25, -0.2) is 4.98 Å². The van der Waals surface area contributed by atoms with E-state index in [0.717, 1.165) is 38.4 Å². The van der Waals surface area contributed by atoms with Crippen molar-refractivity contribution < 1.29 is 39.4 Å². The van der Waals surface area contributed by atoms with Gasteiger partial charge in [-0.05, 0) is 37.6 Å². The minimum absolute atomic E-state index is 0. The van der Waals surface area contributed by atoms with Crippen LogP contribution in [0.15, 0.2) is 106 Å². The molecule has 8 heteroatoms. The van der Waals surface area contributed by atoms with E-state index in [9.17, 15) is 0 Å². The van der Waals surface area contributed by atoms with Gasteiger partial charge in [0.25, 0.3) is 0 Å². The van der Waals surface area contributed by atoms with Gasteiger partial charge in [-0.2, -0.15) is 6.67 Å². The van der Waals surface area contributed by atoms with Crippen LogP contribution in [0.1, 0.15) is 0 Å². The second-order valence-electron chi connectivity index (χ2n) is 9.49.